The van der Waals surface area contributed by atoms with E-state index in [9.17, 15) is 14.4 Å². The minimum absolute atomic E-state index is 0.00729. The maximum absolute atomic E-state index is 11.7. The van der Waals surface area contributed by atoms with Gasteiger partial charge in [-0.05, 0) is 12.8 Å². The number of anilines is 1. The van der Waals surface area contributed by atoms with Gasteiger partial charge in [0, 0.05) is 20.6 Å². The molecule has 1 aliphatic carbocycles. The van der Waals surface area contributed by atoms with Crippen LogP contribution >= 0.6 is 0 Å². The second kappa shape index (κ2) is 3.97. The van der Waals surface area contributed by atoms with Crippen LogP contribution in [0.2, 0.25) is 0 Å². The van der Waals surface area contributed by atoms with Crippen LogP contribution in [0.5, 0.6) is 0 Å². The first-order chi connectivity index (χ1) is 8.37. The quantitative estimate of drug-likeness (QED) is 0.695. The van der Waals surface area contributed by atoms with Gasteiger partial charge in [-0.25, -0.2) is 9.48 Å². The Morgan fingerprint density at radius 2 is 2.06 bits per heavy atom. The Bertz CT molecular complexity index is 611. The van der Waals surface area contributed by atoms with E-state index in [1.54, 1.807) is 0 Å². The molecular formula is C10H14N4O4. The molecule has 0 bridgehead atoms. The van der Waals surface area contributed by atoms with Gasteiger partial charge in [-0.1, -0.05) is 0 Å². The van der Waals surface area contributed by atoms with Crippen LogP contribution in [-0.2, 0) is 18.9 Å². The molecule has 1 saturated carbocycles. The average Bonchev–Trinajstić information content (AvgIpc) is 3.10. The van der Waals surface area contributed by atoms with E-state index in [4.69, 9.17) is 5.11 Å². The van der Waals surface area contributed by atoms with E-state index < -0.39 is 22.6 Å². The molecule has 0 spiro atoms. The lowest BCUT2D eigenvalue weighted by atomic mass is 10.1. The lowest BCUT2D eigenvalue weighted by Crippen LogP contribution is -2.40. The van der Waals surface area contributed by atoms with Crippen LogP contribution in [0.4, 0.5) is 5.82 Å². The van der Waals surface area contributed by atoms with E-state index in [1.165, 1.54) is 14.1 Å². The fourth-order valence-electron chi connectivity index (χ4n) is 1.68. The Morgan fingerprint density at radius 1 is 1.44 bits per heavy atom. The molecule has 1 fully saturated rings. The lowest BCUT2D eigenvalue weighted by molar-refractivity contribution is -0.142. The number of carbonyl (C=O) groups is 1. The fraction of sp³-hybridized carbons (Fsp3) is 0.600. The van der Waals surface area contributed by atoms with Gasteiger partial charge in [0.15, 0.2) is 0 Å². The van der Waals surface area contributed by atoms with Crippen LogP contribution in [-0.4, -0.2) is 32.0 Å². The van der Waals surface area contributed by atoms with E-state index in [2.05, 4.69) is 10.4 Å². The van der Waals surface area contributed by atoms with Gasteiger partial charge in [-0.2, -0.15) is 0 Å². The summed E-state index contributed by atoms with van der Waals surface area (Å²) < 4.78 is 1.96. The van der Waals surface area contributed by atoms with Crippen molar-refractivity contribution in [3.8, 4) is 0 Å². The number of aliphatic carboxylic acids is 1. The molecular weight excluding hydrogens is 240 g/mol. The molecule has 1 aromatic rings. The second-order valence-electron chi connectivity index (χ2n) is 4.56. The highest BCUT2D eigenvalue weighted by molar-refractivity contribution is 5.78. The van der Waals surface area contributed by atoms with Crippen molar-refractivity contribution in [1.29, 1.82) is 0 Å². The third kappa shape index (κ3) is 1.89. The maximum atomic E-state index is 11.7. The highest BCUT2D eigenvalue weighted by atomic mass is 16.4. The normalized spacial score (nSPS) is 16.3. The van der Waals surface area contributed by atoms with Crippen LogP contribution in [0.3, 0.4) is 0 Å². The Balaban J connectivity index is 2.24. The first-order valence-electron chi connectivity index (χ1n) is 5.49. The molecule has 0 atom stereocenters. The predicted octanol–water partition coefficient (Wildman–Crippen LogP) is -1.24. The highest BCUT2D eigenvalue weighted by Gasteiger charge is 2.50. The number of carboxylic acid groups (broad SMARTS) is 1. The monoisotopic (exact) mass is 254 g/mol. The molecule has 0 saturated heterocycles. The molecule has 2 rings (SSSR count). The number of nitrogens with zero attached hydrogens (tertiary/aromatic N) is 3. The van der Waals surface area contributed by atoms with E-state index in [1.807, 2.05) is 0 Å². The van der Waals surface area contributed by atoms with E-state index >= 15 is 0 Å². The van der Waals surface area contributed by atoms with E-state index in [0.717, 1.165) is 9.25 Å². The van der Waals surface area contributed by atoms with Gasteiger partial charge in [-0.3, -0.25) is 14.2 Å². The van der Waals surface area contributed by atoms with Crippen LogP contribution in [0.1, 0.15) is 12.8 Å². The van der Waals surface area contributed by atoms with Crippen molar-refractivity contribution in [2.24, 2.45) is 19.5 Å². The number of aromatic nitrogens is 3. The molecule has 1 aliphatic rings. The molecule has 0 unspecified atom stereocenters. The van der Waals surface area contributed by atoms with Crippen molar-refractivity contribution in [2.75, 3.05) is 11.9 Å². The Hall–Kier alpha value is -2.12. The number of carboxylic acids is 1. The van der Waals surface area contributed by atoms with E-state index in [0.29, 0.717) is 12.8 Å². The average molecular weight is 254 g/mol. The largest absolute Gasteiger partial charge is 0.481 e. The zero-order valence-corrected chi connectivity index (χ0v) is 10.1. The van der Waals surface area contributed by atoms with Gasteiger partial charge in [0.05, 0.1) is 5.41 Å². The van der Waals surface area contributed by atoms with Gasteiger partial charge in [0.2, 0.25) is 5.82 Å². The molecule has 0 amide bonds. The molecule has 0 aliphatic heterocycles. The number of hydrogen-bond acceptors (Lipinski definition) is 5. The molecule has 1 aromatic heterocycles. The first kappa shape index (κ1) is 12.3. The van der Waals surface area contributed by atoms with Crippen molar-refractivity contribution in [2.45, 2.75) is 12.8 Å². The van der Waals surface area contributed by atoms with Crippen molar-refractivity contribution in [1.82, 2.24) is 14.3 Å². The van der Waals surface area contributed by atoms with Gasteiger partial charge in [0.1, 0.15) is 0 Å². The summed E-state index contributed by atoms with van der Waals surface area (Å²) in [6.07, 6.45) is 1.17. The zero-order chi connectivity index (χ0) is 13.5. The number of nitrogens with one attached hydrogen (secondary N) is 1. The molecule has 98 valence electrons. The van der Waals surface area contributed by atoms with Crippen molar-refractivity contribution >= 4 is 11.8 Å². The minimum Gasteiger partial charge on any atom is -0.481 e. The Kier molecular flexibility index (Phi) is 2.72. The van der Waals surface area contributed by atoms with Crippen LogP contribution in [0, 0.1) is 5.41 Å². The molecule has 8 nitrogen and oxygen atoms in total. The molecule has 0 aromatic carbocycles. The summed E-state index contributed by atoms with van der Waals surface area (Å²) in [4.78, 5) is 34.1. The zero-order valence-electron chi connectivity index (χ0n) is 10.1. The highest BCUT2D eigenvalue weighted by Crippen LogP contribution is 2.45. The van der Waals surface area contributed by atoms with Gasteiger partial charge in [-0.15, -0.1) is 5.10 Å². The number of rotatable bonds is 4. The standard InChI is InChI=1S/C10H14N4O4/c1-13-7(15)6(12-14(2)9(13)18)11-5-10(3-4-10)8(16)17/h3-5H2,1-2H3,(H,11,12)(H,16,17). The van der Waals surface area contributed by atoms with Crippen LogP contribution < -0.4 is 16.6 Å². The van der Waals surface area contributed by atoms with Gasteiger partial charge in [0.25, 0.3) is 5.56 Å². The second-order valence-corrected chi connectivity index (χ2v) is 4.56. The molecule has 0 radical (unpaired) electrons. The Morgan fingerprint density at radius 3 is 2.56 bits per heavy atom. The van der Waals surface area contributed by atoms with Gasteiger partial charge < -0.3 is 10.4 Å². The summed E-state index contributed by atoms with van der Waals surface area (Å²) >= 11 is 0. The van der Waals surface area contributed by atoms with Crippen LogP contribution in [0.25, 0.3) is 0 Å². The summed E-state index contributed by atoms with van der Waals surface area (Å²) in [6.45, 7) is 0.142. The maximum Gasteiger partial charge on any atom is 0.346 e. The summed E-state index contributed by atoms with van der Waals surface area (Å²) in [5, 5.41) is 15.5. The van der Waals surface area contributed by atoms with E-state index in [-0.39, 0.29) is 12.4 Å². The lowest BCUT2D eigenvalue weighted by Gasteiger charge is -2.12. The first-order valence-corrected chi connectivity index (χ1v) is 5.49. The third-order valence-corrected chi connectivity index (χ3v) is 3.22. The van der Waals surface area contributed by atoms with Crippen LogP contribution in [0.15, 0.2) is 9.59 Å². The number of aryl methyl sites for hydroxylation is 1. The topological polar surface area (TPSA) is 106 Å². The van der Waals surface area contributed by atoms with Crippen molar-refractivity contribution in [3.05, 3.63) is 20.8 Å². The smallest absolute Gasteiger partial charge is 0.346 e. The fourth-order valence-corrected chi connectivity index (χ4v) is 1.68. The summed E-state index contributed by atoms with van der Waals surface area (Å²) in [5.74, 6) is -0.885. The number of hydrogen-bond donors (Lipinski definition) is 2. The molecule has 2 N–H and O–H groups in total. The SMILES string of the molecule is Cn1nc(NCC2(C(=O)O)CC2)c(=O)n(C)c1=O. The summed E-state index contributed by atoms with van der Waals surface area (Å²) in [6, 6.07) is 0. The minimum atomic E-state index is -0.878. The summed E-state index contributed by atoms with van der Waals surface area (Å²) in [7, 11) is 2.78. The molecule has 18 heavy (non-hydrogen) atoms. The molecule has 8 heteroatoms. The van der Waals surface area contributed by atoms with Crippen molar-refractivity contribution < 1.29 is 9.90 Å². The third-order valence-electron chi connectivity index (χ3n) is 3.22. The molecule has 1 heterocycles. The Labute approximate surface area is 102 Å². The van der Waals surface area contributed by atoms with Crippen molar-refractivity contribution in [3.63, 3.8) is 0 Å². The predicted molar refractivity (Wildman–Crippen MR) is 62.5 cm³/mol. The summed E-state index contributed by atoms with van der Waals surface area (Å²) in [5.41, 5.74) is -1.87. The van der Waals surface area contributed by atoms with Gasteiger partial charge >= 0.3 is 11.7 Å².